The number of carbonyl (C=O) groups excluding carboxylic acids is 1. The Labute approximate surface area is 117 Å². The Morgan fingerprint density at radius 1 is 1.50 bits per heavy atom. The van der Waals surface area contributed by atoms with Crippen LogP contribution in [-0.2, 0) is 4.79 Å². The van der Waals surface area contributed by atoms with Crippen LogP contribution < -0.4 is 0 Å². The van der Waals surface area contributed by atoms with Crippen molar-refractivity contribution in [3.8, 4) is 5.75 Å². The van der Waals surface area contributed by atoms with Gasteiger partial charge in [-0.1, -0.05) is 13.3 Å². The van der Waals surface area contributed by atoms with Crippen LogP contribution in [0.25, 0.3) is 0 Å². The Kier molecular flexibility index (Phi) is 4.22. The zero-order valence-electron chi connectivity index (χ0n) is 11.3. The van der Waals surface area contributed by atoms with Gasteiger partial charge in [0, 0.05) is 12.7 Å². The van der Waals surface area contributed by atoms with Crippen molar-refractivity contribution in [1.29, 1.82) is 0 Å². The average Bonchev–Trinajstić information content (AvgIpc) is 2.46. The van der Waals surface area contributed by atoms with Gasteiger partial charge in [0.05, 0.1) is 11.8 Å². The molecule has 6 heteroatoms. The van der Waals surface area contributed by atoms with Gasteiger partial charge >= 0.3 is 5.97 Å². The normalized spacial score (nSPS) is 22.6. The number of carboxylic acid groups (broad SMARTS) is 1. The van der Waals surface area contributed by atoms with Crippen LogP contribution in [0.1, 0.15) is 36.5 Å². The summed E-state index contributed by atoms with van der Waals surface area (Å²) in [6.07, 6.45) is 4.75. The van der Waals surface area contributed by atoms with Crippen LogP contribution in [0.3, 0.4) is 0 Å². The number of carboxylic acids is 1. The maximum Gasteiger partial charge on any atom is 0.326 e. The molecule has 0 saturated carbocycles. The lowest BCUT2D eigenvalue weighted by atomic mass is 9.88. The molecule has 0 bridgehead atoms. The number of rotatable bonds is 3. The van der Waals surface area contributed by atoms with Gasteiger partial charge in [-0.15, -0.1) is 0 Å². The van der Waals surface area contributed by atoms with Gasteiger partial charge in [0.2, 0.25) is 0 Å². The molecule has 2 heterocycles. The van der Waals surface area contributed by atoms with E-state index in [1.54, 1.807) is 0 Å². The van der Waals surface area contributed by atoms with E-state index in [1.807, 2.05) is 6.92 Å². The topological polar surface area (TPSA) is 90.7 Å². The third-order valence-electron chi connectivity index (χ3n) is 3.86. The molecule has 6 nitrogen and oxygen atoms in total. The summed E-state index contributed by atoms with van der Waals surface area (Å²) >= 11 is 0. The fraction of sp³-hybridized carbons (Fsp3) is 0.500. The molecule has 0 aliphatic carbocycles. The highest BCUT2D eigenvalue weighted by atomic mass is 16.4. The van der Waals surface area contributed by atoms with Crippen LogP contribution in [0.4, 0.5) is 0 Å². The molecule has 1 aromatic rings. The molecule has 0 spiro atoms. The number of aromatic hydroxyl groups is 1. The predicted octanol–water partition coefficient (Wildman–Crippen LogP) is 1.50. The number of piperidine rings is 1. The van der Waals surface area contributed by atoms with Gasteiger partial charge in [-0.2, -0.15) is 0 Å². The third-order valence-corrected chi connectivity index (χ3v) is 3.86. The van der Waals surface area contributed by atoms with Gasteiger partial charge in [0.15, 0.2) is 0 Å². The second kappa shape index (κ2) is 5.90. The lowest BCUT2D eigenvalue weighted by Crippen LogP contribution is -2.50. The molecule has 108 valence electrons. The minimum atomic E-state index is -0.995. The number of likely N-dealkylation sites (tertiary alicyclic amines) is 1. The highest BCUT2D eigenvalue weighted by molar-refractivity contribution is 5.98. The van der Waals surface area contributed by atoms with Crippen molar-refractivity contribution in [2.75, 3.05) is 6.54 Å². The highest BCUT2D eigenvalue weighted by Gasteiger charge is 2.36. The van der Waals surface area contributed by atoms with Crippen LogP contribution in [0.2, 0.25) is 0 Å². The molecule has 0 radical (unpaired) electrons. The maximum atomic E-state index is 12.4. The molecule has 20 heavy (non-hydrogen) atoms. The number of hydrogen-bond donors (Lipinski definition) is 2. The lowest BCUT2D eigenvalue weighted by Gasteiger charge is -2.37. The fourth-order valence-corrected chi connectivity index (χ4v) is 2.61. The second-order valence-corrected chi connectivity index (χ2v) is 5.04. The van der Waals surface area contributed by atoms with Gasteiger partial charge < -0.3 is 15.1 Å². The van der Waals surface area contributed by atoms with Crippen LogP contribution in [-0.4, -0.2) is 44.6 Å². The molecule has 1 aromatic heterocycles. The maximum absolute atomic E-state index is 12.4. The molecule has 2 N–H and O–H groups in total. The van der Waals surface area contributed by atoms with Crippen molar-refractivity contribution in [1.82, 2.24) is 9.88 Å². The summed E-state index contributed by atoms with van der Waals surface area (Å²) in [5, 5.41) is 19.0. The van der Waals surface area contributed by atoms with E-state index >= 15 is 0 Å². The van der Waals surface area contributed by atoms with Crippen molar-refractivity contribution >= 4 is 11.9 Å². The number of nitrogens with zero attached hydrogens (tertiary/aromatic N) is 2. The number of aliphatic carboxylic acids is 1. The van der Waals surface area contributed by atoms with Gasteiger partial charge in [-0.25, -0.2) is 4.79 Å². The quantitative estimate of drug-likeness (QED) is 0.874. The molecule has 1 aliphatic rings. The Morgan fingerprint density at radius 3 is 2.85 bits per heavy atom. The van der Waals surface area contributed by atoms with Gasteiger partial charge in [0.1, 0.15) is 11.8 Å². The van der Waals surface area contributed by atoms with Crippen molar-refractivity contribution in [2.24, 2.45) is 5.92 Å². The van der Waals surface area contributed by atoms with Gasteiger partial charge in [0.25, 0.3) is 5.91 Å². The third kappa shape index (κ3) is 2.74. The van der Waals surface area contributed by atoms with E-state index in [0.29, 0.717) is 18.9 Å². The van der Waals surface area contributed by atoms with Gasteiger partial charge in [-0.3, -0.25) is 9.78 Å². The Morgan fingerprint density at radius 2 is 2.25 bits per heavy atom. The molecule has 2 unspecified atom stereocenters. The van der Waals surface area contributed by atoms with E-state index in [0.717, 1.165) is 12.8 Å². The fourth-order valence-electron chi connectivity index (χ4n) is 2.61. The van der Waals surface area contributed by atoms with Crippen LogP contribution in [0.15, 0.2) is 18.5 Å². The first-order chi connectivity index (χ1) is 9.54. The molecule has 2 rings (SSSR count). The van der Waals surface area contributed by atoms with Crippen LogP contribution in [0.5, 0.6) is 5.75 Å². The van der Waals surface area contributed by atoms with E-state index in [4.69, 9.17) is 0 Å². The number of aromatic nitrogens is 1. The van der Waals surface area contributed by atoms with Crippen LogP contribution in [0, 0.1) is 5.92 Å². The molecule has 1 fully saturated rings. The van der Waals surface area contributed by atoms with Crippen molar-refractivity contribution in [3.05, 3.63) is 24.0 Å². The first kappa shape index (κ1) is 14.3. The Hall–Kier alpha value is -2.11. The van der Waals surface area contributed by atoms with E-state index < -0.39 is 17.9 Å². The second-order valence-electron chi connectivity index (χ2n) is 5.04. The highest BCUT2D eigenvalue weighted by Crippen LogP contribution is 2.28. The molecule has 1 amide bonds. The summed E-state index contributed by atoms with van der Waals surface area (Å²) in [6.45, 7) is 2.42. The largest absolute Gasteiger partial charge is 0.505 e. The van der Waals surface area contributed by atoms with Crippen molar-refractivity contribution in [3.63, 3.8) is 0 Å². The summed E-state index contributed by atoms with van der Waals surface area (Å²) in [7, 11) is 0. The Bertz CT molecular complexity index is 518. The molecular formula is C14H18N2O4. The van der Waals surface area contributed by atoms with Crippen molar-refractivity contribution < 1.29 is 19.8 Å². The SMILES string of the molecule is CCC1CCN(C(=O)c2ccncc2O)C(C(=O)O)C1. The van der Waals surface area contributed by atoms with Crippen LogP contribution >= 0.6 is 0 Å². The summed E-state index contributed by atoms with van der Waals surface area (Å²) in [5.74, 6) is -1.35. The molecule has 1 aliphatic heterocycles. The standard InChI is InChI=1S/C14H18N2O4/c1-2-9-4-6-16(11(7-9)14(19)20)13(18)10-3-5-15-8-12(10)17/h3,5,8-9,11,17H,2,4,6-7H2,1H3,(H,19,20). The summed E-state index contributed by atoms with van der Waals surface area (Å²) in [5.41, 5.74) is 0.0983. The van der Waals surface area contributed by atoms with E-state index in [2.05, 4.69) is 4.98 Å². The summed E-state index contributed by atoms with van der Waals surface area (Å²) in [4.78, 5) is 28.8. The monoisotopic (exact) mass is 278 g/mol. The number of carbonyl (C=O) groups is 2. The molecule has 2 atom stereocenters. The zero-order valence-corrected chi connectivity index (χ0v) is 11.3. The lowest BCUT2D eigenvalue weighted by molar-refractivity contribution is -0.144. The Balaban J connectivity index is 2.24. The minimum absolute atomic E-state index is 0.0983. The van der Waals surface area contributed by atoms with Gasteiger partial charge in [-0.05, 0) is 24.8 Å². The minimum Gasteiger partial charge on any atom is -0.505 e. The number of hydrogen-bond acceptors (Lipinski definition) is 4. The number of pyridine rings is 1. The molecule has 0 aromatic carbocycles. The summed E-state index contributed by atoms with van der Waals surface area (Å²) < 4.78 is 0. The molecular weight excluding hydrogens is 260 g/mol. The average molecular weight is 278 g/mol. The number of amides is 1. The summed E-state index contributed by atoms with van der Waals surface area (Å²) in [6, 6.07) is 0.580. The van der Waals surface area contributed by atoms with E-state index in [9.17, 15) is 19.8 Å². The van der Waals surface area contributed by atoms with Crippen molar-refractivity contribution in [2.45, 2.75) is 32.2 Å². The first-order valence-electron chi connectivity index (χ1n) is 6.71. The smallest absolute Gasteiger partial charge is 0.326 e. The molecule has 1 saturated heterocycles. The predicted molar refractivity (Wildman–Crippen MR) is 71.4 cm³/mol. The van der Waals surface area contributed by atoms with E-state index in [-0.39, 0.29) is 11.3 Å². The zero-order chi connectivity index (χ0) is 14.7. The van der Waals surface area contributed by atoms with E-state index in [1.165, 1.54) is 23.4 Å². The first-order valence-corrected chi connectivity index (χ1v) is 6.71.